The van der Waals surface area contributed by atoms with Gasteiger partial charge in [-0.15, -0.1) is 0 Å². The number of amides is 1. The summed E-state index contributed by atoms with van der Waals surface area (Å²) in [5.74, 6) is 0.715. The highest BCUT2D eigenvalue weighted by Crippen LogP contribution is 2.19. The van der Waals surface area contributed by atoms with E-state index in [0.29, 0.717) is 17.2 Å². The Morgan fingerprint density at radius 1 is 1.08 bits per heavy atom. The Kier molecular flexibility index (Phi) is 5.03. The fourth-order valence-electron chi connectivity index (χ4n) is 2.86. The summed E-state index contributed by atoms with van der Waals surface area (Å²) in [7, 11) is 0. The number of benzene rings is 1. The Hall–Kier alpha value is -2.50. The minimum Gasteiger partial charge on any atom is -0.356 e. The van der Waals surface area contributed by atoms with Crippen LogP contribution in [0.2, 0.25) is 0 Å². The number of halogens is 1. The molecule has 1 N–H and O–H groups in total. The van der Waals surface area contributed by atoms with Crippen molar-refractivity contribution < 1.29 is 9.18 Å². The molecule has 0 atom stereocenters. The minimum absolute atomic E-state index is 0.316. The van der Waals surface area contributed by atoms with Gasteiger partial charge in [-0.05, 0) is 44.0 Å². The van der Waals surface area contributed by atoms with E-state index in [-0.39, 0.29) is 11.7 Å². The molecule has 126 valence electrons. The second-order valence-corrected chi connectivity index (χ2v) is 6.02. The zero-order valence-corrected chi connectivity index (χ0v) is 13.8. The molecule has 3 rings (SSSR count). The van der Waals surface area contributed by atoms with Gasteiger partial charge in [0, 0.05) is 24.8 Å². The van der Waals surface area contributed by atoms with Crippen molar-refractivity contribution in [1.82, 2.24) is 9.97 Å². The van der Waals surface area contributed by atoms with Gasteiger partial charge in [0.2, 0.25) is 0 Å². The third-order valence-electron chi connectivity index (χ3n) is 4.09. The van der Waals surface area contributed by atoms with Crippen LogP contribution in [0.4, 0.5) is 15.9 Å². The molecule has 1 aliphatic heterocycles. The molecule has 2 aromatic rings. The number of hydrogen-bond donors (Lipinski definition) is 1. The van der Waals surface area contributed by atoms with Crippen LogP contribution < -0.4 is 10.2 Å². The van der Waals surface area contributed by atoms with Crippen molar-refractivity contribution in [3.05, 3.63) is 47.7 Å². The summed E-state index contributed by atoms with van der Waals surface area (Å²) < 4.78 is 13.0. The maximum atomic E-state index is 13.0. The van der Waals surface area contributed by atoms with Gasteiger partial charge < -0.3 is 10.2 Å². The van der Waals surface area contributed by atoms with Gasteiger partial charge in [0.15, 0.2) is 0 Å². The zero-order chi connectivity index (χ0) is 16.9. The Morgan fingerprint density at radius 2 is 1.75 bits per heavy atom. The van der Waals surface area contributed by atoms with Crippen molar-refractivity contribution >= 4 is 17.4 Å². The van der Waals surface area contributed by atoms with Crippen molar-refractivity contribution in [3.63, 3.8) is 0 Å². The van der Waals surface area contributed by atoms with Crippen LogP contribution in [-0.2, 0) is 0 Å². The highest BCUT2D eigenvalue weighted by Gasteiger charge is 2.16. The molecule has 0 unspecified atom stereocenters. The molecule has 0 spiro atoms. The molecule has 0 bridgehead atoms. The number of anilines is 2. The second-order valence-electron chi connectivity index (χ2n) is 6.02. The Bertz CT molecular complexity index is 709. The van der Waals surface area contributed by atoms with Crippen LogP contribution in [0.25, 0.3) is 0 Å². The molecular weight excluding hydrogens is 307 g/mol. The number of nitrogens with one attached hydrogen (secondary N) is 1. The van der Waals surface area contributed by atoms with Gasteiger partial charge in [-0.3, -0.25) is 4.79 Å². The highest BCUT2D eigenvalue weighted by molar-refractivity contribution is 6.03. The molecule has 0 radical (unpaired) electrons. The average molecular weight is 328 g/mol. The van der Waals surface area contributed by atoms with E-state index < -0.39 is 0 Å². The summed E-state index contributed by atoms with van der Waals surface area (Å²) in [4.78, 5) is 23.4. The van der Waals surface area contributed by atoms with Gasteiger partial charge in [0.1, 0.15) is 23.2 Å². The van der Waals surface area contributed by atoms with E-state index in [4.69, 9.17) is 0 Å². The van der Waals surface area contributed by atoms with E-state index in [1.807, 2.05) is 0 Å². The minimum atomic E-state index is -0.339. The van der Waals surface area contributed by atoms with Gasteiger partial charge >= 0.3 is 0 Å². The first-order valence-electron chi connectivity index (χ1n) is 8.29. The lowest BCUT2D eigenvalue weighted by Crippen LogP contribution is -2.26. The van der Waals surface area contributed by atoms with E-state index in [1.165, 1.54) is 37.1 Å². The van der Waals surface area contributed by atoms with Gasteiger partial charge in [-0.2, -0.15) is 0 Å². The molecule has 2 heterocycles. The molecule has 1 aliphatic rings. The van der Waals surface area contributed by atoms with Crippen LogP contribution in [0.5, 0.6) is 0 Å². The average Bonchev–Trinajstić information content (AvgIpc) is 2.86. The maximum absolute atomic E-state index is 13.0. The van der Waals surface area contributed by atoms with Gasteiger partial charge in [-0.1, -0.05) is 12.8 Å². The number of carbonyl (C=O) groups excluding carboxylic acids is 1. The first-order valence-corrected chi connectivity index (χ1v) is 8.29. The molecule has 24 heavy (non-hydrogen) atoms. The normalized spacial score (nSPS) is 15.0. The maximum Gasteiger partial charge on any atom is 0.274 e. The molecule has 1 fully saturated rings. The first kappa shape index (κ1) is 16.4. The van der Waals surface area contributed by atoms with Crippen LogP contribution in [0, 0.1) is 12.7 Å². The monoisotopic (exact) mass is 328 g/mol. The van der Waals surface area contributed by atoms with Crippen molar-refractivity contribution in [2.45, 2.75) is 32.6 Å². The fraction of sp³-hybridized carbons (Fsp3) is 0.389. The molecule has 1 aromatic carbocycles. The van der Waals surface area contributed by atoms with Crippen LogP contribution in [0.1, 0.15) is 42.0 Å². The summed E-state index contributed by atoms with van der Waals surface area (Å²) in [5.41, 5.74) is 0.861. The standard InChI is InChI=1S/C18H21FN4O/c1-13-20-16(18(24)22-15-8-6-14(19)7-9-15)12-17(21-13)23-10-4-2-3-5-11-23/h6-9,12H,2-5,10-11H2,1H3,(H,22,24). The zero-order valence-electron chi connectivity index (χ0n) is 13.8. The summed E-state index contributed by atoms with van der Waals surface area (Å²) in [6.45, 7) is 3.70. The number of nitrogens with zero attached hydrogens (tertiary/aromatic N) is 3. The number of rotatable bonds is 3. The molecular formula is C18H21FN4O. The summed E-state index contributed by atoms with van der Waals surface area (Å²) in [6, 6.07) is 7.40. The lowest BCUT2D eigenvalue weighted by Gasteiger charge is -2.22. The topological polar surface area (TPSA) is 58.1 Å². The molecule has 5 nitrogen and oxygen atoms in total. The lowest BCUT2D eigenvalue weighted by atomic mass is 10.2. The lowest BCUT2D eigenvalue weighted by molar-refractivity contribution is 0.102. The molecule has 0 saturated carbocycles. The van der Waals surface area contributed by atoms with E-state index in [2.05, 4.69) is 20.2 Å². The first-order chi connectivity index (χ1) is 11.6. The van der Waals surface area contributed by atoms with Crippen molar-refractivity contribution in [2.75, 3.05) is 23.3 Å². The molecule has 0 aliphatic carbocycles. The third-order valence-corrected chi connectivity index (χ3v) is 4.09. The highest BCUT2D eigenvalue weighted by atomic mass is 19.1. The molecule has 6 heteroatoms. The number of hydrogen-bond acceptors (Lipinski definition) is 4. The smallest absolute Gasteiger partial charge is 0.274 e. The van der Waals surface area contributed by atoms with Crippen molar-refractivity contribution in [1.29, 1.82) is 0 Å². The Labute approximate surface area is 140 Å². The largest absolute Gasteiger partial charge is 0.356 e. The van der Waals surface area contributed by atoms with Gasteiger partial charge in [-0.25, -0.2) is 14.4 Å². The summed E-state index contributed by atoms with van der Waals surface area (Å²) >= 11 is 0. The van der Waals surface area contributed by atoms with E-state index in [0.717, 1.165) is 31.7 Å². The Morgan fingerprint density at radius 3 is 2.42 bits per heavy atom. The van der Waals surface area contributed by atoms with Crippen LogP contribution in [-0.4, -0.2) is 29.0 Å². The van der Waals surface area contributed by atoms with Crippen LogP contribution in [0.3, 0.4) is 0 Å². The van der Waals surface area contributed by atoms with E-state index in [9.17, 15) is 9.18 Å². The van der Waals surface area contributed by atoms with Crippen molar-refractivity contribution in [2.24, 2.45) is 0 Å². The molecule has 1 saturated heterocycles. The van der Waals surface area contributed by atoms with Crippen LogP contribution >= 0.6 is 0 Å². The van der Waals surface area contributed by atoms with Crippen LogP contribution in [0.15, 0.2) is 30.3 Å². The quantitative estimate of drug-likeness (QED) is 0.936. The summed E-state index contributed by atoms with van der Waals surface area (Å²) in [5, 5.41) is 2.74. The fourth-order valence-corrected chi connectivity index (χ4v) is 2.86. The Balaban J connectivity index is 1.79. The molecule has 1 aromatic heterocycles. The SMILES string of the molecule is Cc1nc(C(=O)Nc2ccc(F)cc2)cc(N2CCCCCC2)n1. The van der Waals surface area contributed by atoms with E-state index in [1.54, 1.807) is 13.0 Å². The number of aryl methyl sites for hydroxylation is 1. The van der Waals surface area contributed by atoms with E-state index >= 15 is 0 Å². The number of carbonyl (C=O) groups is 1. The molecule has 1 amide bonds. The second kappa shape index (κ2) is 7.38. The third kappa shape index (κ3) is 4.07. The summed E-state index contributed by atoms with van der Waals surface area (Å²) in [6.07, 6.45) is 4.75. The van der Waals surface area contributed by atoms with Gasteiger partial charge in [0.25, 0.3) is 5.91 Å². The van der Waals surface area contributed by atoms with Gasteiger partial charge in [0.05, 0.1) is 0 Å². The number of aromatic nitrogens is 2. The predicted octanol–water partition coefficient (Wildman–Crippen LogP) is 3.56. The predicted molar refractivity (Wildman–Crippen MR) is 91.8 cm³/mol. The van der Waals surface area contributed by atoms with Crippen molar-refractivity contribution in [3.8, 4) is 0 Å².